The molecular formula is C37H41F3O. The number of allylic oxidation sites excluding steroid dienone is 2. The first-order chi connectivity index (χ1) is 20.0. The van der Waals surface area contributed by atoms with Crippen molar-refractivity contribution in [2.24, 2.45) is 17.8 Å². The molecule has 0 amide bonds. The molecule has 0 heterocycles. The molecule has 216 valence electrons. The molecule has 3 aromatic carbocycles. The summed E-state index contributed by atoms with van der Waals surface area (Å²) in [5.41, 5.74) is 3.15. The van der Waals surface area contributed by atoms with Gasteiger partial charge in [0.25, 0.3) is 0 Å². The van der Waals surface area contributed by atoms with E-state index in [1.54, 1.807) is 24.3 Å². The van der Waals surface area contributed by atoms with Crippen LogP contribution in [0.4, 0.5) is 13.2 Å². The summed E-state index contributed by atoms with van der Waals surface area (Å²) in [5, 5.41) is 0. The summed E-state index contributed by atoms with van der Waals surface area (Å²) in [6.07, 6.45) is 16.3. The van der Waals surface area contributed by atoms with Gasteiger partial charge >= 0.3 is 0 Å². The smallest absolute Gasteiger partial charge is 0.201 e. The van der Waals surface area contributed by atoms with Crippen molar-refractivity contribution in [1.29, 1.82) is 0 Å². The first-order valence-corrected chi connectivity index (χ1v) is 15.3. The normalized spacial score (nSPS) is 23.0. The summed E-state index contributed by atoms with van der Waals surface area (Å²) >= 11 is 0. The Morgan fingerprint density at radius 2 is 1.37 bits per heavy atom. The molecule has 0 spiro atoms. The Hall–Kier alpha value is -3.27. The first-order valence-electron chi connectivity index (χ1n) is 15.3. The van der Waals surface area contributed by atoms with Crippen molar-refractivity contribution in [1.82, 2.24) is 0 Å². The van der Waals surface area contributed by atoms with Crippen LogP contribution in [-0.4, -0.2) is 6.61 Å². The maximum atomic E-state index is 15.3. The molecule has 41 heavy (non-hydrogen) atoms. The number of hydrogen-bond acceptors (Lipinski definition) is 1. The van der Waals surface area contributed by atoms with Crippen LogP contribution in [0.3, 0.4) is 0 Å². The van der Waals surface area contributed by atoms with E-state index in [4.69, 9.17) is 4.74 Å². The predicted molar refractivity (Wildman–Crippen MR) is 162 cm³/mol. The van der Waals surface area contributed by atoms with Gasteiger partial charge in [0.05, 0.1) is 0 Å². The highest BCUT2D eigenvalue weighted by atomic mass is 19.2. The molecule has 0 bridgehead atoms. The highest BCUT2D eigenvalue weighted by Crippen LogP contribution is 2.44. The molecule has 2 aliphatic rings. The van der Waals surface area contributed by atoms with Gasteiger partial charge in [-0.3, -0.25) is 0 Å². The third kappa shape index (κ3) is 6.80. The minimum Gasteiger partial charge on any atom is -0.486 e. The van der Waals surface area contributed by atoms with E-state index in [-0.39, 0.29) is 29.7 Å². The van der Waals surface area contributed by atoms with Crippen molar-refractivity contribution in [2.75, 3.05) is 6.61 Å². The van der Waals surface area contributed by atoms with Crippen LogP contribution < -0.4 is 4.74 Å². The Morgan fingerprint density at radius 1 is 0.732 bits per heavy atom. The topological polar surface area (TPSA) is 9.23 Å². The van der Waals surface area contributed by atoms with Gasteiger partial charge in [0.1, 0.15) is 12.4 Å². The zero-order valence-electron chi connectivity index (χ0n) is 24.1. The third-order valence-corrected chi connectivity index (χ3v) is 9.34. The average molecular weight is 559 g/mol. The lowest BCUT2D eigenvalue weighted by atomic mass is 9.68. The van der Waals surface area contributed by atoms with Crippen LogP contribution in [0.25, 0.3) is 22.3 Å². The number of rotatable bonds is 9. The van der Waals surface area contributed by atoms with Crippen molar-refractivity contribution in [2.45, 2.75) is 70.6 Å². The van der Waals surface area contributed by atoms with Crippen molar-refractivity contribution >= 4 is 0 Å². The van der Waals surface area contributed by atoms with E-state index in [1.807, 2.05) is 37.3 Å². The number of ether oxygens (including phenoxy) is 1. The quantitative estimate of drug-likeness (QED) is 0.237. The predicted octanol–water partition coefficient (Wildman–Crippen LogP) is 11.0. The van der Waals surface area contributed by atoms with E-state index in [0.717, 1.165) is 47.8 Å². The molecule has 2 saturated carbocycles. The second-order valence-corrected chi connectivity index (χ2v) is 11.8. The summed E-state index contributed by atoms with van der Waals surface area (Å²) in [6.45, 7) is 6.15. The Morgan fingerprint density at radius 3 is 2.00 bits per heavy atom. The number of hydrogen-bond donors (Lipinski definition) is 0. The lowest BCUT2D eigenvalue weighted by molar-refractivity contribution is 0.171. The lowest BCUT2D eigenvalue weighted by Crippen LogP contribution is -2.25. The van der Waals surface area contributed by atoms with Gasteiger partial charge in [-0.25, -0.2) is 8.78 Å². The molecule has 3 aromatic rings. The van der Waals surface area contributed by atoms with Gasteiger partial charge in [0.2, 0.25) is 5.82 Å². The van der Waals surface area contributed by atoms with Crippen LogP contribution in [0.2, 0.25) is 0 Å². The molecule has 2 aliphatic carbocycles. The van der Waals surface area contributed by atoms with Crippen LogP contribution >= 0.6 is 0 Å². The molecule has 0 saturated heterocycles. The van der Waals surface area contributed by atoms with E-state index in [2.05, 4.69) is 12.7 Å². The van der Waals surface area contributed by atoms with Crippen LogP contribution in [0.15, 0.2) is 79.4 Å². The third-order valence-electron chi connectivity index (χ3n) is 9.34. The van der Waals surface area contributed by atoms with Gasteiger partial charge in [-0.15, -0.1) is 6.58 Å². The van der Waals surface area contributed by atoms with Crippen molar-refractivity contribution in [3.05, 3.63) is 102 Å². The zero-order valence-corrected chi connectivity index (χ0v) is 24.1. The second kappa shape index (κ2) is 13.6. The van der Waals surface area contributed by atoms with Crippen LogP contribution in [-0.2, 0) is 0 Å². The molecule has 5 rings (SSSR count). The van der Waals surface area contributed by atoms with Crippen molar-refractivity contribution in [3.8, 4) is 28.0 Å². The molecule has 0 N–H and O–H groups in total. The van der Waals surface area contributed by atoms with Crippen LogP contribution in [0, 0.1) is 35.2 Å². The molecule has 0 radical (unpaired) electrons. The van der Waals surface area contributed by atoms with Gasteiger partial charge in [-0.05, 0) is 122 Å². The number of halogens is 3. The summed E-state index contributed by atoms with van der Waals surface area (Å²) < 4.78 is 50.2. The molecular weight excluding hydrogens is 517 g/mol. The highest BCUT2D eigenvalue weighted by molar-refractivity contribution is 5.71. The molecule has 4 heteroatoms. The van der Waals surface area contributed by atoms with E-state index in [9.17, 15) is 8.78 Å². The van der Waals surface area contributed by atoms with E-state index in [1.165, 1.54) is 50.7 Å². The largest absolute Gasteiger partial charge is 0.486 e. The van der Waals surface area contributed by atoms with Crippen molar-refractivity contribution in [3.63, 3.8) is 0 Å². The first kappa shape index (κ1) is 29.2. The Labute approximate surface area is 243 Å². The molecule has 0 atom stereocenters. The van der Waals surface area contributed by atoms with Crippen molar-refractivity contribution < 1.29 is 17.9 Å². The van der Waals surface area contributed by atoms with E-state index in [0.29, 0.717) is 11.5 Å². The fraction of sp³-hybridized carbons (Fsp3) is 0.405. The molecule has 2 fully saturated rings. The molecule has 0 aromatic heterocycles. The Bertz CT molecular complexity index is 1340. The molecule has 0 unspecified atom stereocenters. The van der Waals surface area contributed by atoms with Gasteiger partial charge in [0.15, 0.2) is 11.6 Å². The summed E-state index contributed by atoms with van der Waals surface area (Å²) in [5.74, 6) is 0.379. The minimum absolute atomic E-state index is 0.108. The summed E-state index contributed by atoms with van der Waals surface area (Å²) in [7, 11) is 0. The monoisotopic (exact) mass is 558 g/mol. The second-order valence-electron chi connectivity index (χ2n) is 11.8. The Kier molecular flexibility index (Phi) is 9.69. The van der Waals surface area contributed by atoms with E-state index < -0.39 is 11.6 Å². The van der Waals surface area contributed by atoms with E-state index >= 15 is 4.39 Å². The Balaban J connectivity index is 1.22. The highest BCUT2D eigenvalue weighted by Gasteiger charge is 2.31. The lowest BCUT2D eigenvalue weighted by Gasteiger charge is -2.37. The molecule has 0 aliphatic heterocycles. The van der Waals surface area contributed by atoms with Crippen LogP contribution in [0.1, 0.15) is 76.2 Å². The summed E-state index contributed by atoms with van der Waals surface area (Å²) in [6, 6.07) is 15.7. The van der Waals surface area contributed by atoms with Gasteiger partial charge in [0, 0.05) is 5.56 Å². The maximum Gasteiger partial charge on any atom is 0.201 e. The minimum atomic E-state index is -0.997. The zero-order chi connectivity index (χ0) is 28.8. The standard InChI is InChI=1S/C37H41F3O/c1-3-5-6-23-41-35-22-21-33(36(39)37(35)40)30-17-13-28(14-18-30)31-19-20-32(34(38)24-31)29-15-11-27(12-16-29)26-9-7-25(4-2)8-10-26/h4-6,13-14,17-22,24-27,29H,2-3,7-12,15-16,23H2,1H3/b6-5+. The van der Waals surface area contributed by atoms with Crippen LogP contribution in [0.5, 0.6) is 5.75 Å². The van der Waals surface area contributed by atoms with Gasteiger partial charge in [-0.2, -0.15) is 4.39 Å². The fourth-order valence-corrected chi connectivity index (χ4v) is 6.87. The SMILES string of the molecule is C=CC1CCC(C2CCC(c3ccc(-c4ccc(-c5ccc(OC/C=C/CC)c(F)c5F)cc4)cc3F)CC2)CC1. The number of benzene rings is 3. The maximum absolute atomic E-state index is 15.3. The fourth-order valence-electron chi connectivity index (χ4n) is 6.87. The summed E-state index contributed by atoms with van der Waals surface area (Å²) in [4.78, 5) is 0. The van der Waals surface area contributed by atoms with Gasteiger partial charge < -0.3 is 4.74 Å². The van der Waals surface area contributed by atoms with Gasteiger partial charge in [-0.1, -0.05) is 61.5 Å². The molecule has 1 nitrogen and oxygen atoms in total. The average Bonchev–Trinajstić information content (AvgIpc) is 3.01.